The summed E-state index contributed by atoms with van der Waals surface area (Å²) in [4.78, 5) is 7.81. The molecule has 1 fully saturated rings. The molecular weight excluding hydrogens is 248 g/mol. The van der Waals surface area contributed by atoms with E-state index < -0.39 is 0 Å². The van der Waals surface area contributed by atoms with Gasteiger partial charge in [-0.15, -0.1) is 0 Å². The standard InChI is InChI=1S/C12H12N4OS/c1-2-4-10-9(3-1)13-12-16(10)11(14-18-12)15-5-7-17-8-6-15/h1-4H,5-8H2. The molecule has 1 aromatic carbocycles. The second-order valence-electron chi connectivity index (χ2n) is 4.30. The van der Waals surface area contributed by atoms with E-state index in [9.17, 15) is 0 Å². The van der Waals surface area contributed by atoms with Crippen molar-refractivity contribution in [3.8, 4) is 0 Å². The van der Waals surface area contributed by atoms with Gasteiger partial charge in [-0.25, -0.2) is 4.98 Å². The van der Waals surface area contributed by atoms with Crippen LogP contribution in [0.25, 0.3) is 16.0 Å². The van der Waals surface area contributed by atoms with Gasteiger partial charge in [-0.05, 0) is 12.1 Å². The predicted molar refractivity (Wildman–Crippen MR) is 71.4 cm³/mol. The van der Waals surface area contributed by atoms with Gasteiger partial charge in [-0.1, -0.05) is 12.1 Å². The normalized spacial score (nSPS) is 16.8. The van der Waals surface area contributed by atoms with E-state index in [1.165, 1.54) is 11.5 Å². The van der Waals surface area contributed by atoms with Crippen molar-refractivity contribution in [3.05, 3.63) is 24.3 Å². The molecule has 0 atom stereocenters. The molecule has 0 unspecified atom stereocenters. The predicted octanol–water partition coefficient (Wildman–Crippen LogP) is 1.78. The zero-order valence-electron chi connectivity index (χ0n) is 9.74. The summed E-state index contributed by atoms with van der Waals surface area (Å²) in [5.74, 6) is 0.993. The third kappa shape index (κ3) is 1.42. The summed E-state index contributed by atoms with van der Waals surface area (Å²) in [7, 11) is 0. The van der Waals surface area contributed by atoms with Crippen LogP contribution in [-0.4, -0.2) is 40.1 Å². The number of nitrogens with zero attached hydrogens (tertiary/aromatic N) is 4. The Kier molecular flexibility index (Phi) is 2.24. The molecule has 3 heterocycles. The van der Waals surface area contributed by atoms with E-state index in [-0.39, 0.29) is 0 Å². The molecule has 1 aliphatic rings. The average molecular weight is 260 g/mol. The van der Waals surface area contributed by atoms with Gasteiger partial charge >= 0.3 is 0 Å². The first-order valence-corrected chi connectivity index (χ1v) is 6.76. The summed E-state index contributed by atoms with van der Waals surface area (Å²) in [5.41, 5.74) is 2.16. The molecule has 0 bridgehead atoms. The summed E-state index contributed by atoms with van der Waals surface area (Å²) >= 11 is 1.45. The first-order chi connectivity index (χ1) is 8.93. The summed E-state index contributed by atoms with van der Waals surface area (Å²) in [6.07, 6.45) is 0. The smallest absolute Gasteiger partial charge is 0.223 e. The minimum atomic E-state index is 0.769. The number of hydrogen-bond donors (Lipinski definition) is 0. The molecule has 0 radical (unpaired) electrons. The van der Waals surface area contributed by atoms with E-state index in [0.29, 0.717) is 0 Å². The second kappa shape index (κ2) is 3.93. The zero-order valence-corrected chi connectivity index (χ0v) is 10.6. The minimum absolute atomic E-state index is 0.769. The van der Waals surface area contributed by atoms with Crippen LogP contribution in [-0.2, 0) is 4.74 Å². The molecule has 0 aliphatic carbocycles. The van der Waals surface area contributed by atoms with Crippen LogP contribution >= 0.6 is 11.5 Å². The van der Waals surface area contributed by atoms with E-state index in [1.807, 2.05) is 18.2 Å². The molecule has 4 rings (SSSR count). The first kappa shape index (κ1) is 10.3. The number of hydrogen-bond acceptors (Lipinski definition) is 5. The quantitative estimate of drug-likeness (QED) is 0.669. The maximum atomic E-state index is 5.39. The molecule has 92 valence electrons. The monoisotopic (exact) mass is 260 g/mol. The van der Waals surface area contributed by atoms with Gasteiger partial charge in [0.25, 0.3) is 0 Å². The molecule has 2 aromatic heterocycles. The fourth-order valence-electron chi connectivity index (χ4n) is 2.34. The van der Waals surface area contributed by atoms with Gasteiger partial charge < -0.3 is 9.64 Å². The van der Waals surface area contributed by atoms with Gasteiger partial charge in [0.1, 0.15) is 0 Å². The van der Waals surface area contributed by atoms with Crippen LogP contribution in [0.2, 0.25) is 0 Å². The number of aromatic nitrogens is 3. The summed E-state index contributed by atoms with van der Waals surface area (Å²) in [6, 6.07) is 8.18. The number of fused-ring (bicyclic) bond motifs is 3. The molecule has 1 aliphatic heterocycles. The Hall–Kier alpha value is -1.66. The zero-order chi connectivity index (χ0) is 11.9. The summed E-state index contributed by atoms with van der Waals surface area (Å²) in [6.45, 7) is 3.33. The van der Waals surface area contributed by atoms with E-state index >= 15 is 0 Å². The highest BCUT2D eigenvalue weighted by atomic mass is 32.1. The molecular formula is C12H12N4OS. The molecule has 0 saturated carbocycles. The van der Waals surface area contributed by atoms with Gasteiger partial charge in [0.05, 0.1) is 24.2 Å². The minimum Gasteiger partial charge on any atom is -0.378 e. The number of benzene rings is 1. The van der Waals surface area contributed by atoms with E-state index in [4.69, 9.17) is 4.74 Å². The Morgan fingerprint density at radius 2 is 2.00 bits per heavy atom. The van der Waals surface area contributed by atoms with E-state index in [1.54, 1.807) is 0 Å². The Morgan fingerprint density at radius 3 is 2.89 bits per heavy atom. The lowest BCUT2D eigenvalue weighted by Gasteiger charge is -2.26. The van der Waals surface area contributed by atoms with Crippen molar-refractivity contribution in [2.24, 2.45) is 0 Å². The summed E-state index contributed by atoms with van der Waals surface area (Å²) < 4.78 is 12.1. The lowest BCUT2D eigenvalue weighted by Crippen LogP contribution is -2.37. The number of rotatable bonds is 1. The number of imidazole rings is 1. The molecule has 0 spiro atoms. The largest absolute Gasteiger partial charge is 0.378 e. The fourth-order valence-corrected chi connectivity index (χ4v) is 3.10. The van der Waals surface area contributed by atoms with Crippen LogP contribution in [0.1, 0.15) is 0 Å². The first-order valence-electron chi connectivity index (χ1n) is 5.99. The Balaban J connectivity index is 1.94. The number of ether oxygens (including phenoxy) is 1. The number of anilines is 1. The highest BCUT2D eigenvalue weighted by Crippen LogP contribution is 2.26. The fraction of sp³-hybridized carbons (Fsp3) is 0.333. The average Bonchev–Trinajstić information content (AvgIpc) is 2.98. The summed E-state index contributed by atoms with van der Waals surface area (Å²) in [5, 5.41) is 0. The SMILES string of the molecule is c1ccc2c(c1)nc1snc(N3CCOCC3)n12. The number of para-hydroxylation sites is 2. The van der Waals surface area contributed by atoms with Crippen molar-refractivity contribution in [2.45, 2.75) is 0 Å². The molecule has 18 heavy (non-hydrogen) atoms. The van der Waals surface area contributed by atoms with Crippen LogP contribution in [0.3, 0.4) is 0 Å². The maximum Gasteiger partial charge on any atom is 0.223 e. The van der Waals surface area contributed by atoms with Gasteiger partial charge in [-0.2, -0.15) is 4.37 Å². The van der Waals surface area contributed by atoms with Gasteiger partial charge in [0.2, 0.25) is 10.9 Å². The molecule has 6 heteroatoms. The molecule has 1 saturated heterocycles. The Labute approximate surface area is 108 Å². The van der Waals surface area contributed by atoms with Crippen LogP contribution in [0.4, 0.5) is 5.95 Å². The highest BCUT2D eigenvalue weighted by Gasteiger charge is 2.19. The molecule has 0 amide bonds. The van der Waals surface area contributed by atoms with Crippen LogP contribution in [0.15, 0.2) is 24.3 Å². The molecule has 0 N–H and O–H groups in total. The van der Waals surface area contributed by atoms with Gasteiger partial charge in [0, 0.05) is 24.6 Å². The molecule has 5 nitrogen and oxygen atoms in total. The van der Waals surface area contributed by atoms with Crippen LogP contribution < -0.4 is 4.90 Å². The van der Waals surface area contributed by atoms with Crippen LogP contribution in [0.5, 0.6) is 0 Å². The maximum absolute atomic E-state index is 5.39. The van der Waals surface area contributed by atoms with Crippen molar-refractivity contribution in [1.82, 2.24) is 13.8 Å². The Bertz CT molecular complexity index is 698. The van der Waals surface area contributed by atoms with Crippen molar-refractivity contribution in [3.63, 3.8) is 0 Å². The Morgan fingerprint density at radius 1 is 1.17 bits per heavy atom. The molecule has 3 aromatic rings. The lowest BCUT2D eigenvalue weighted by atomic mass is 10.3. The van der Waals surface area contributed by atoms with Gasteiger partial charge in [0.15, 0.2) is 0 Å². The van der Waals surface area contributed by atoms with Crippen molar-refractivity contribution >= 4 is 33.5 Å². The topological polar surface area (TPSA) is 42.7 Å². The lowest BCUT2D eigenvalue weighted by molar-refractivity contribution is 0.122. The van der Waals surface area contributed by atoms with E-state index in [2.05, 4.69) is 24.7 Å². The third-order valence-corrected chi connectivity index (χ3v) is 3.92. The third-order valence-electron chi connectivity index (χ3n) is 3.23. The number of morpholine rings is 1. The van der Waals surface area contributed by atoms with Crippen molar-refractivity contribution in [1.29, 1.82) is 0 Å². The van der Waals surface area contributed by atoms with Crippen molar-refractivity contribution < 1.29 is 4.74 Å². The van der Waals surface area contributed by atoms with E-state index in [0.717, 1.165) is 48.2 Å². The second-order valence-corrected chi connectivity index (χ2v) is 5.03. The van der Waals surface area contributed by atoms with Gasteiger partial charge in [-0.3, -0.25) is 4.40 Å². The highest BCUT2D eigenvalue weighted by molar-refractivity contribution is 7.11. The van der Waals surface area contributed by atoms with Crippen molar-refractivity contribution in [2.75, 3.05) is 31.2 Å². The van der Waals surface area contributed by atoms with Crippen LogP contribution in [0, 0.1) is 0 Å².